The molecular formula is C27H26N6O. The molecule has 0 fully saturated rings. The highest BCUT2D eigenvalue weighted by atomic mass is 16.1. The van der Waals surface area contributed by atoms with Gasteiger partial charge in [-0.1, -0.05) is 12.1 Å². The molecule has 0 unspecified atom stereocenters. The first-order valence-corrected chi connectivity index (χ1v) is 11.2. The van der Waals surface area contributed by atoms with Gasteiger partial charge in [-0.3, -0.25) is 14.8 Å². The number of aromatic nitrogens is 4. The Morgan fingerprint density at radius 3 is 2.76 bits per heavy atom. The number of aryl methyl sites for hydroxylation is 1. The van der Waals surface area contributed by atoms with Crippen molar-refractivity contribution in [2.24, 2.45) is 0 Å². The number of amides is 1. The number of hydrogen-bond donors (Lipinski definition) is 1. The highest BCUT2D eigenvalue weighted by Gasteiger charge is 2.20. The first kappa shape index (κ1) is 21.7. The average molecular weight is 451 g/mol. The maximum absolute atomic E-state index is 12.8. The lowest BCUT2D eigenvalue weighted by Gasteiger charge is -2.12. The Labute approximate surface area is 198 Å². The largest absolute Gasteiger partial charge is 0.351 e. The predicted octanol–water partition coefficient (Wildman–Crippen LogP) is 4.21. The molecule has 0 radical (unpaired) electrons. The minimum absolute atomic E-state index is 0.0982. The number of carbonyl (C=O) groups excluding carboxylic acids is 1. The summed E-state index contributed by atoms with van der Waals surface area (Å²) in [4.78, 5) is 24.2. The molecule has 0 bridgehead atoms. The maximum atomic E-state index is 12.8. The summed E-state index contributed by atoms with van der Waals surface area (Å²) in [5, 5.41) is 8.76. The Morgan fingerprint density at radius 2 is 1.94 bits per heavy atom. The number of carbonyl (C=O) groups is 1. The number of nitrogens with zero attached hydrogens (tertiary/aromatic N) is 5. The first-order chi connectivity index (χ1) is 16.5. The molecule has 1 amide bonds. The third kappa shape index (κ3) is 4.13. The third-order valence-electron chi connectivity index (χ3n) is 5.79. The summed E-state index contributed by atoms with van der Waals surface area (Å²) in [5.74, 6) is -0.0982. The number of nitrogens with one attached hydrogen (secondary N) is 1. The van der Waals surface area contributed by atoms with E-state index in [1.165, 1.54) is 0 Å². The third-order valence-corrected chi connectivity index (χ3v) is 5.79. The van der Waals surface area contributed by atoms with Crippen molar-refractivity contribution >= 4 is 22.3 Å². The number of rotatable bonds is 6. The first-order valence-electron chi connectivity index (χ1n) is 11.2. The second-order valence-electron chi connectivity index (χ2n) is 8.57. The van der Waals surface area contributed by atoms with Gasteiger partial charge in [0.25, 0.3) is 5.91 Å². The van der Waals surface area contributed by atoms with Crippen molar-refractivity contribution in [3.05, 3.63) is 84.3 Å². The molecule has 7 heteroatoms. The van der Waals surface area contributed by atoms with E-state index in [1.807, 2.05) is 97.3 Å². The number of likely N-dealkylation sites (N-methyl/N-ethyl adjacent to an activating group) is 1. The van der Waals surface area contributed by atoms with Crippen molar-refractivity contribution in [1.29, 1.82) is 0 Å². The van der Waals surface area contributed by atoms with Gasteiger partial charge in [0.2, 0.25) is 0 Å². The highest BCUT2D eigenvalue weighted by Crippen LogP contribution is 2.38. The van der Waals surface area contributed by atoms with Gasteiger partial charge in [-0.25, -0.2) is 4.52 Å². The lowest BCUT2D eigenvalue weighted by atomic mass is 9.97. The summed E-state index contributed by atoms with van der Waals surface area (Å²) in [6, 6.07) is 19.6. The van der Waals surface area contributed by atoms with E-state index in [1.54, 1.807) is 6.20 Å². The van der Waals surface area contributed by atoms with Crippen LogP contribution in [-0.4, -0.2) is 57.6 Å². The molecule has 0 atom stereocenters. The van der Waals surface area contributed by atoms with E-state index in [9.17, 15) is 4.79 Å². The van der Waals surface area contributed by atoms with Gasteiger partial charge < -0.3 is 10.2 Å². The zero-order valence-corrected chi connectivity index (χ0v) is 19.5. The topological polar surface area (TPSA) is 75.4 Å². The fourth-order valence-electron chi connectivity index (χ4n) is 4.12. The Hall–Kier alpha value is -4.10. The zero-order valence-electron chi connectivity index (χ0n) is 19.5. The molecule has 0 aliphatic heterocycles. The molecule has 0 saturated carbocycles. The van der Waals surface area contributed by atoms with Crippen LogP contribution < -0.4 is 5.32 Å². The van der Waals surface area contributed by atoms with E-state index in [0.29, 0.717) is 12.1 Å². The molecule has 4 aromatic heterocycles. The van der Waals surface area contributed by atoms with Crippen molar-refractivity contribution in [2.45, 2.75) is 6.92 Å². The van der Waals surface area contributed by atoms with E-state index in [2.05, 4.69) is 10.3 Å². The molecule has 4 heterocycles. The number of fused-ring (bicyclic) bond motifs is 2. The monoisotopic (exact) mass is 450 g/mol. The van der Waals surface area contributed by atoms with E-state index in [-0.39, 0.29) is 5.91 Å². The van der Waals surface area contributed by atoms with Crippen molar-refractivity contribution in [3.63, 3.8) is 0 Å². The lowest BCUT2D eigenvalue weighted by molar-refractivity contribution is 0.0951. The van der Waals surface area contributed by atoms with E-state index < -0.39 is 0 Å². The predicted molar refractivity (Wildman–Crippen MR) is 135 cm³/mol. The average Bonchev–Trinajstić information content (AvgIpc) is 3.22. The van der Waals surface area contributed by atoms with Crippen LogP contribution in [0.15, 0.2) is 73.1 Å². The lowest BCUT2D eigenvalue weighted by Crippen LogP contribution is -2.31. The molecular weight excluding hydrogens is 424 g/mol. The van der Waals surface area contributed by atoms with Crippen LogP contribution in [0, 0.1) is 6.92 Å². The van der Waals surface area contributed by atoms with Gasteiger partial charge in [0.1, 0.15) is 5.69 Å². The Kier molecular flexibility index (Phi) is 5.77. The standard InChI is InChI=1S/C27H26N6O/c1-18-7-6-8-23(30-18)26-25(24-9-4-5-15-33(24)31-26)20-12-13-28-22-11-10-19(17-21(20)22)27(34)29-14-16-32(2)3/h4-13,15,17H,14,16H2,1-3H3,(H,29,34). The van der Waals surface area contributed by atoms with E-state index in [0.717, 1.165) is 51.2 Å². The molecule has 5 rings (SSSR count). The molecule has 0 saturated heterocycles. The molecule has 1 aromatic carbocycles. The van der Waals surface area contributed by atoms with Crippen LogP contribution in [0.4, 0.5) is 0 Å². The molecule has 0 aliphatic rings. The Morgan fingerprint density at radius 1 is 1.06 bits per heavy atom. The van der Waals surface area contributed by atoms with Crippen LogP contribution in [0.5, 0.6) is 0 Å². The van der Waals surface area contributed by atoms with Gasteiger partial charge in [-0.2, -0.15) is 5.10 Å². The van der Waals surface area contributed by atoms with Crippen LogP contribution in [0.2, 0.25) is 0 Å². The normalized spacial score (nSPS) is 11.4. The van der Waals surface area contributed by atoms with Gasteiger partial charge in [0, 0.05) is 47.7 Å². The van der Waals surface area contributed by atoms with Gasteiger partial charge >= 0.3 is 0 Å². The molecule has 7 nitrogen and oxygen atoms in total. The maximum Gasteiger partial charge on any atom is 0.251 e. The van der Waals surface area contributed by atoms with Gasteiger partial charge in [0.15, 0.2) is 0 Å². The quantitative estimate of drug-likeness (QED) is 0.419. The smallest absolute Gasteiger partial charge is 0.251 e. The van der Waals surface area contributed by atoms with Gasteiger partial charge in [-0.05, 0) is 75.1 Å². The summed E-state index contributed by atoms with van der Waals surface area (Å²) >= 11 is 0. The fraction of sp³-hybridized carbons (Fsp3) is 0.185. The van der Waals surface area contributed by atoms with Crippen LogP contribution in [0.3, 0.4) is 0 Å². The van der Waals surface area contributed by atoms with Crippen LogP contribution >= 0.6 is 0 Å². The SMILES string of the molecule is Cc1cccc(-c2nn3ccccc3c2-c2ccnc3ccc(C(=O)NCCN(C)C)cc23)n1. The molecule has 0 aliphatic carbocycles. The summed E-state index contributed by atoms with van der Waals surface area (Å²) in [5.41, 5.74) is 6.85. The number of benzene rings is 1. The molecule has 0 spiro atoms. The molecule has 170 valence electrons. The summed E-state index contributed by atoms with van der Waals surface area (Å²) in [6.45, 7) is 3.34. The number of pyridine rings is 3. The van der Waals surface area contributed by atoms with Crippen LogP contribution in [0.1, 0.15) is 16.1 Å². The fourth-order valence-corrected chi connectivity index (χ4v) is 4.12. The van der Waals surface area contributed by atoms with E-state index in [4.69, 9.17) is 10.1 Å². The van der Waals surface area contributed by atoms with Crippen molar-refractivity contribution in [2.75, 3.05) is 27.2 Å². The molecule has 5 aromatic rings. The minimum atomic E-state index is -0.0982. The van der Waals surface area contributed by atoms with Crippen molar-refractivity contribution < 1.29 is 4.79 Å². The second kappa shape index (κ2) is 9.03. The highest BCUT2D eigenvalue weighted by molar-refractivity contribution is 6.06. The minimum Gasteiger partial charge on any atom is -0.351 e. The van der Waals surface area contributed by atoms with Crippen molar-refractivity contribution in [1.82, 2.24) is 29.8 Å². The van der Waals surface area contributed by atoms with E-state index >= 15 is 0 Å². The van der Waals surface area contributed by atoms with Gasteiger partial charge in [-0.15, -0.1) is 0 Å². The molecule has 34 heavy (non-hydrogen) atoms. The summed E-state index contributed by atoms with van der Waals surface area (Å²) in [7, 11) is 3.97. The number of hydrogen-bond acceptors (Lipinski definition) is 5. The van der Waals surface area contributed by atoms with Crippen LogP contribution in [0.25, 0.3) is 38.9 Å². The van der Waals surface area contributed by atoms with Crippen molar-refractivity contribution in [3.8, 4) is 22.5 Å². The zero-order chi connectivity index (χ0) is 23.7. The Bertz CT molecular complexity index is 1500. The Balaban J connectivity index is 1.68. The molecule has 1 N–H and O–H groups in total. The summed E-state index contributed by atoms with van der Waals surface area (Å²) in [6.07, 6.45) is 3.74. The van der Waals surface area contributed by atoms with Crippen LogP contribution in [-0.2, 0) is 0 Å². The summed E-state index contributed by atoms with van der Waals surface area (Å²) < 4.78 is 1.87. The second-order valence-corrected chi connectivity index (χ2v) is 8.57. The van der Waals surface area contributed by atoms with Gasteiger partial charge in [0.05, 0.1) is 16.7 Å².